The van der Waals surface area contributed by atoms with Crippen molar-refractivity contribution in [3.8, 4) is 0 Å². The smallest absolute Gasteiger partial charge is 0.250 e. The van der Waals surface area contributed by atoms with Crippen LogP contribution in [0.4, 0.5) is 11.4 Å². The van der Waals surface area contributed by atoms with Crippen molar-refractivity contribution >= 4 is 44.8 Å². The van der Waals surface area contributed by atoms with Crippen LogP contribution in [-0.4, -0.2) is 32.5 Å². The number of benzene rings is 2. The molecule has 2 amide bonds. The lowest BCUT2D eigenvalue weighted by Crippen LogP contribution is -2.47. The summed E-state index contributed by atoms with van der Waals surface area (Å²) in [4.78, 5) is 24.4. The molecule has 0 radical (unpaired) electrons. The molecule has 2 rings (SSSR count). The van der Waals surface area contributed by atoms with Gasteiger partial charge in [-0.3, -0.25) is 13.9 Å². The fraction of sp³-hybridized carbons (Fsp3) is 0.222. The van der Waals surface area contributed by atoms with Crippen LogP contribution in [-0.2, 0) is 14.8 Å². The third kappa shape index (κ3) is 4.99. The van der Waals surface area contributed by atoms with Gasteiger partial charge in [-0.05, 0) is 42.8 Å². The molecule has 1 atom stereocenters. The molecule has 27 heavy (non-hydrogen) atoms. The maximum atomic E-state index is 12.9. The number of anilines is 2. The molecule has 0 aliphatic heterocycles. The van der Waals surface area contributed by atoms with E-state index in [1.54, 1.807) is 31.2 Å². The Morgan fingerprint density at radius 2 is 1.74 bits per heavy atom. The number of amides is 2. The quantitative estimate of drug-likeness (QED) is 0.732. The predicted molar refractivity (Wildman–Crippen MR) is 106 cm³/mol. The standard InChI is InChI=1S/C18H20ClN3O4S/c1-3-16(18(24)21-15-7-5-4-6-14(15)17(20)23)22(27(2,25)26)13-10-8-12(19)9-11-13/h4-11,16H,3H2,1-2H3,(H2,20,23)(H,21,24)/t16-/m0/s1. The fourth-order valence-corrected chi connectivity index (χ4v) is 4.01. The minimum absolute atomic E-state index is 0.137. The molecule has 3 N–H and O–H groups in total. The molecule has 144 valence electrons. The summed E-state index contributed by atoms with van der Waals surface area (Å²) >= 11 is 5.87. The molecular weight excluding hydrogens is 390 g/mol. The first kappa shape index (κ1) is 20.7. The molecule has 7 nitrogen and oxygen atoms in total. The lowest BCUT2D eigenvalue weighted by Gasteiger charge is -2.30. The summed E-state index contributed by atoms with van der Waals surface area (Å²) < 4.78 is 25.8. The van der Waals surface area contributed by atoms with Crippen molar-refractivity contribution in [1.82, 2.24) is 0 Å². The first-order chi connectivity index (χ1) is 12.6. The van der Waals surface area contributed by atoms with Gasteiger partial charge in [0.1, 0.15) is 6.04 Å². The third-order valence-electron chi connectivity index (χ3n) is 3.86. The highest BCUT2D eigenvalue weighted by molar-refractivity contribution is 7.92. The minimum atomic E-state index is -3.77. The molecule has 9 heteroatoms. The van der Waals surface area contributed by atoms with E-state index in [2.05, 4.69) is 5.32 Å². The molecule has 0 fully saturated rings. The Hall–Kier alpha value is -2.58. The average Bonchev–Trinajstić information content (AvgIpc) is 2.59. The van der Waals surface area contributed by atoms with E-state index < -0.39 is 27.9 Å². The highest BCUT2D eigenvalue weighted by Crippen LogP contribution is 2.25. The third-order valence-corrected chi connectivity index (χ3v) is 5.29. The molecule has 2 aromatic rings. The number of rotatable bonds is 7. The zero-order valence-corrected chi connectivity index (χ0v) is 16.4. The van der Waals surface area contributed by atoms with Crippen molar-refractivity contribution in [3.63, 3.8) is 0 Å². The summed E-state index contributed by atoms with van der Waals surface area (Å²) in [7, 11) is -3.77. The van der Waals surface area contributed by atoms with Crippen LogP contribution in [0.2, 0.25) is 5.02 Å². The van der Waals surface area contributed by atoms with Gasteiger partial charge in [0, 0.05) is 5.02 Å². The van der Waals surface area contributed by atoms with Gasteiger partial charge in [-0.2, -0.15) is 0 Å². The van der Waals surface area contributed by atoms with Crippen LogP contribution in [0.3, 0.4) is 0 Å². The van der Waals surface area contributed by atoms with Gasteiger partial charge in [-0.25, -0.2) is 8.42 Å². The number of primary amides is 1. The van der Waals surface area contributed by atoms with E-state index in [1.807, 2.05) is 0 Å². The van der Waals surface area contributed by atoms with Crippen LogP contribution in [0.25, 0.3) is 0 Å². The van der Waals surface area contributed by atoms with E-state index in [9.17, 15) is 18.0 Å². The Kier molecular flexibility index (Phi) is 6.45. The zero-order valence-electron chi connectivity index (χ0n) is 14.8. The molecular formula is C18H20ClN3O4S. The second kappa shape index (κ2) is 8.41. The van der Waals surface area contributed by atoms with Crippen LogP contribution in [0, 0.1) is 0 Å². The SMILES string of the molecule is CC[C@@H](C(=O)Nc1ccccc1C(N)=O)N(c1ccc(Cl)cc1)S(C)(=O)=O. The topological polar surface area (TPSA) is 110 Å². The summed E-state index contributed by atoms with van der Waals surface area (Å²) in [5.74, 6) is -1.27. The van der Waals surface area contributed by atoms with E-state index in [-0.39, 0.29) is 17.7 Å². The van der Waals surface area contributed by atoms with Crippen molar-refractivity contribution in [2.45, 2.75) is 19.4 Å². The molecule has 0 saturated heterocycles. The number of halogens is 1. The van der Waals surface area contributed by atoms with Gasteiger partial charge in [0.05, 0.1) is 23.2 Å². The number of nitrogens with two attached hydrogens (primary N) is 1. The lowest BCUT2D eigenvalue weighted by atomic mass is 10.1. The molecule has 0 heterocycles. The highest BCUT2D eigenvalue weighted by atomic mass is 35.5. The lowest BCUT2D eigenvalue weighted by molar-refractivity contribution is -0.117. The van der Waals surface area contributed by atoms with Gasteiger partial charge in [0.2, 0.25) is 15.9 Å². The number of hydrogen-bond donors (Lipinski definition) is 2. The number of hydrogen-bond acceptors (Lipinski definition) is 4. The van der Waals surface area contributed by atoms with Gasteiger partial charge < -0.3 is 11.1 Å². The molecule has 2 aromatic carbocycles. The maximum absolute atomic E-state index is 12.9. The monoisotopic (exact) mass is 409 g/mol. The van der Waals surface area contributed by atoms with Crippen molar-refractivity contribution in [1.29, 1.82) is 0 Å². The molecule has 0 bridgehead atoms. The van der Waals surface area contributed by atoms with E-state index in [0.29, 0.717) is 10.7 Å². The van der Waals surface area contributed by atoms with Gasteiger partial charge in [0.25, 0.3) is 5.91 Å². The van der Waals surface area contributed by atoms with Gasteiger partial charge in [0.15, 0.2) is 0 Å². The minimum Gasteiger partial charge on any atom is -0.366 e. The Balaban J connectivity index is 2.41. The number of nitrogens with zero attached hydrogens (tertiary/aromatic N) is 1. The van der Waals surface area contributed by atoms with Gasteiger partial charge >= 0.3 is 0 Å². The largest absolute Gasteiger partial charge is 0.366 e. The molecule has 0 aliphatic rings. The molecule has 0 saturated carbocycles. The Bertz CT molecular complexity index is 945. The van der Waals surface area contributed by atoms with Crippen LogP contribution < -0.4 is 15.4 Å². The summed E-state index contributed by atoms with van der Waals surface area (Å²) in [6, 6.07) is 11.4. The Morgan fingerprint density at radius 1 is 1.15 bits per heavy atom. The summed E-state index contributed by atoms with van der Waals surface area (Å²) in [6.45, 7) is 1.69. The fourth-order valence-electron chi connectivity index (χ4n) is 2.67. The van der Waals surface area contributed by atoms with Crippen molar-refractivity contribution in [2.75, 3.05) is 15.9 Å². The number of carbonyl (C=O) groups excluding carboxylic acids is 2. The van der Waals surface area contributed by atoms with Crippen LogP contribution in [0.1, 0.15) is 23.7 Å². The molecule has 0 aliphatic carbocycles. The summed E-state index contributed by atoms with van der Waals surface area (Å²) in [6.07, 6.45) is 1.23. The summed E-state index contributed by atoms with van der Waals surface area (Å²) in [5.41, 5.74) is 5.99. The highest BCUT2D eigenvalue weighted by Gasteiger charge is 2.32. The van der Waals surface area contributed by atoms with Crippen molar-refractivity contribution in [3.05, 3.63) is 59.1 Å². The van der Waals surface area contributed by atoms with Gasteiger partial charge in [-0.1, -0.05) is 30.7 Å². The van der Waals surface area contributed by atoms with E-state index in [4.69, 9.17) is 17.3 Å². The first-order valence-electron chi connectivity index (χ1n) is 8.09. The number of nitrogens with one attached hydrogen (secondary N) is 1. The normalized spacial score (nSPS) is 12.3. The molecule has 0 aromatic heterocycles. The number of para-hydroxylation sites is 1. The summed E-state index contributed by atoms with van der Waals surface area (Å²) in [5, 5.41) is 3.05. The van der Waals surface area contributed by atoms with Crippen molar-refractivity contribution < 1.29 is 18.0 Å². The van der Waals surface area contributed by atoms with E-state index in [1.165, 1.54) is 24.3 Å². The Labute approximate surface area is 163 Å². The second-order valence-corrected chi connectivity index (χ2v) is 8.15. The first-order valence-corrected chi connectivity index (χ1v) is 10.3. The molecule has 0 unspecified atom stereocenters. The average molecular weight is 410 g/mol. The maximum Gasteiger partial charge on any atom is 0.250 e. The van der Waals surface area contributed by atoms with E-state index >= 15 is 0 Å². The number of carbonyl (C=O) groups is 2. The second-order valence-electron chi connectivity index (χ2n) is 5.86. The predicted octanol–water partition coefficient (Wildman–Crippen LogP) is 2.62. The van der Waals surface area contributed by atoms with Crippen LogP contribution >= 0.6 is 11.6 Å². The van der Waals surface area contributed by atoms with Crippen LogP contribution in [0.15, 0.2) is 48.5 Å². The zero-order chi connectivity index (χ0) is 20.2. The van der Waals surface area contributed by atoms with Crippen molar-refractivity contribution in [2.24, 2.45) is 5.73 Å². The van der Waals surface area contributed by atoms with Gasteiger partial charge in [-0.15, -0.1) is 0 Å². The molecule has 0 spiro atoms. The van der Waals surface area contributed by atoms with E-state index in [0.717, 1.165) is 10.6 Å². The Morgan fingerprint density at radius 3 is 2.26 bits per heavy atom. The van der Waals surface area contributed by atoms with Crippen LogP contribution in [0.5, 0.6) is 0 Å². The number of sulfonamides is 1.